The fourth-order valence-corrected chi connectivity index (χ4v) is 2.58. The average Bonchev–Trinajstić information content (AvgIpc) is 2.27. The molecule has 2 atom stereocenters. The molecule has 2 unspecified atom stereocenters. The van der Waals surface area contributed by atoms with Gasteiger partial charge in [-0.15, -0.1) is 0 Å². The summed E-state index contributed by atoms with van der Waals surface area (Å²) in [5, 5.41) is 3.10. The lowest BCUT2D eigenvalue weighted by molar-refractivity contribution is -0.134. The van der Waals surface area contributed by atoms with Crippen LogP contribution in [0.4, 0.5) is 0 Å². The average molecular weight is 268 g/mol. The van der Waals surface area contributed by atoms with E-state index in [1.54, 1.807) is 6.92 Å². The molecular formula is C15H28N2O2. The molecule has 1 rings (SSSR count). The Morgan fingerprint density at radius 2 is 1.89 bits per heavy atom. The normalized spacial score (nSPS) is 24.2. The topological polar surface area (TPSA) is 49.4 Å². The van der Waals surface area contributed by atoms with Gasteiger partial charge in [0.15, 0.2) is 0 Å². The number of nitrogens with one attached hydrogen (secondary N) is 1. The molecule has 19 heavy (non-hydrogen) atoms. The van der Waals surface area contributed by atoms with Crippen molar-refractivity contribution in [2.45, 2.75) is 59.9 Å². The minimum absolute atomic E-state index is 0.0677. The van der Waals surface area contributed by atoms with Gasteiger partial charge in [-0.25, -0.2) is 0 Å². The predicted molar refractivity (Wildman–Crippen MR) is 76.7 cm³/mol. The van der Waals surface area contributed by atoms with Gasteiger partial charge in [0.2, 0.25) is 11.8 Å². The Kier molecular flexibility index (Phi) is 5.39. The third-order valence-electron chi connectivity index (χ3n) is 3.70. The van der Waals surface area contributed by atoms with E-state index >= 15 is 0 Å². The number of piperidine rings is 1. The summed E-state index contributed by atoms with van der Waals surface area (Å²) >= 11 is 0. The maximum atomic E-state index is 12.1. The van der Waals surface area contributed by atoms with E-state index in [4.69, 9.17) is 0 Å². The lowest BCUT2D eigenvalue weighted by atomic mass is 9.89. The number of nitrogens with zero attached hydrogens (tertiary/aromatic N) is 1. The predicted octanol–water partition coefficient (Wildman–Crippen LogP) is 2.19. The Hall–Kier alpha value is -1.06. The fraction of sp³-hybridized carbons (Fsp3) is 0.867. The smallest absolute Gasteiger partial charge is 0.225 e. The van der Waals surface area contributed by atoms with E-state index in [0.717, 1.165) is 25.8 Å². The molecule has 0 aromatic rings. The third-order valence-corrected chi connectivity index (χ3v) is 3.70. The Bertz CT molecular complexity index is 334. The van der Waals surface area contributed by atoms with E-state index in [1.165, 1.54) is 0 Å². The zero-order valence-electron chi connectivity index (χ0n) is 13.0. The van der Waals surface area contributed by atoms with Crippen LogP contribution in [0.25, 0.3) is 0 Å². The van der Waals surface area contributed by atoms with Gasteiger partial charge < -0.3 is 10.2 Å². The summed E-state index contributed by atoms with van der Waals surface area (Å²) in [6, 6.07) is 0.0981. The molecule has 4 heteroatoms. The SMILES string of the molecule is CCCC1CC(NC(=O)C(C)(C)C)CN(C(C)=O)C1. The van der Waals surface area contributed by atoms with Crippen molar-refractivity contribution in [3.8, 4) is 0 Å². The second-order valence-electron chi connectivity index (χ2n) is 6.73. The number of rotatable bonds is 3. The number of amides is 2. The van der Waals surface area contributed by atoms with Crippen LogP contribution in [0.15, 0.2) is 0 Å². The van der Waals surface area contributed by atoms with Crippen LogP contribution in [0.2, 0.25) is 0 Å². The highest BCUT2D eigenvalue weighted by Gasteiger charge is 2.31. The molecule has 110 valence electrons. The zero-order valence-corrected chi connectivity index (χ0v) is 13.0. The van der Waals surface area contributed by atoms with E-state index in [1.807, 2.05) is 25.7 Å². The van der Waals surface area contributed by atoms with Gasteiger partial charge >= 0.3 is 0 Å². The van der Waals surface area contributed by atoms with Crippen LogP contribution in [-0.2, 0) is 9.59 Å². The van der Waals surface area contributed by atoms with Gasteiger partial charge in [0, 0.05) is 31.5 Å². The van der Waals surface area contributed by atoms with Gasteiger partial charge in [-0.2, -0.15) is 0 Å². The van der Waals surface area contributed by atoms with Crippen molar-refractivity contribution in [1.82, 2.24) is 10.2 Å². The third kappa shape index (κ3) is 4.84. The first kappa shape index (κ1) is 16.0. The van der Waals surface area contributed by atoms with Crippen molar-refractivity contribution in [3.63, 3.8) is 0 Å². The fourth-order valence-electron chi connectivity index (χ4n) is 2.58. The standard InChI is InChI=1S/C15H28N2O2/c1-6-7-12-8-13(10-17(9-12)11(2)18)16-14(19)15(3,4)5/h12-13H,6-10H2,1-5H3,(H,16,19). The summed E-state index contributed by atoms with van der Waals surface area (Å²) in [7, 11) is 0. The maximum absolute atomic E-state index is 12.1. The minimum Gasteiger partial charge on any atom is -0.351 e. The van der Waals surface area contributed by atoms with Crippen molar-refractivity contribution in [2.75, 3.05) is 13.1 Å². The van der Waals surface area contributed by atoms with Crippen LogP contribution in [-0.4, -0.2) is 35.8 Å². The first-order chi connectivity index (χ1) is 8.74. The zero-order chi connectivity index (χ0) is 14.6. The minimum atomic E-state index is -0.376. The van der Waals surface area contributed by atoms with Crippen molar-refractivity contribution in [2.24, 2.45) is 11.3 Å². The first-order valence-electron chi connectivity index (χ1n) is 7.30. The Morgan fingerprint density at radius 1 is 1.26 bits per heavy atom. The summed E-state index contributed by atoms with van der Waals surface area (Å²) < 4.78 is 0. The highest BCUT2D eigenvalue weighted by Crippen LogP contribution is 2.23. The molecule has 1 heterocycles. The van der Waals surface area contributed by atoms with Crippen LogP contribution in [0.3, 0.4) is 0 Å². The number of carbonyl (C=O) groups excluding carboxylic acids is 2. The largest absolute Gasteiger partial charge is 0.351 e. The molecule has 0 bridgehead atoms. The van der Waals surface area contributed by atoms with Gasteiger partial charge in [-0.1, -0.05) is 34.1 Å². The second kappa shape index (κ2) is 6.40. The van der Waals surface area contributed by atoms with Crippen LogP contribution >= 0.6 is 0 Å². The maximum Gasteiger partial charge on any atom is 0.225 e. The van der Waals surface area contributed by atoms with Crippen molar-refractivity contribution in [3.05, 3.63) is 0 Å². The molecule has 1 aliphatic heterocycles. The van der Waals surface area contributed by atoms with E-state index in [-0.39, 0.29) is 23.3 Å². The van der Waals surface area contributed by atoms with Crippen LogP contribution in [0.1, 0.15) is 53.9 Å². The molecule has 2 amide bonds. The molecule has 1 fully saturated rings. The van der Waals surface area contributed by atoms with Gasteiger partial charge in [0.25, 0.3) is 0 Å². The van der Waals surface area contributed by atoms with Gasteiger partial charge in [-0.05, 0) is 18.8 Å². The van der Waals surface area contributed by atoms with E-state index in [0.29, 0.717) is 12.5 Å². The molecule has 0 radical (unpaired) electrons. The molecule has 0 aromatic heterocycles. The van der Waals surface area contributed by atoms with E-state index < -0.39 is 0 Å². The summed E-state index contributed by atoms with van der Waals surface area (Å²) in [5.41, 5.74) is -0.376. The lowest BCUT2D eigenvalue weighted by Gasteiger charge is -2.38. The highest BCUT2D eigenvalue weighted by atomic mass is 16.2. The molecule has 0 saturated carbocycles. The number of carbonyl (C=O) groups is 2. The quantitative estimate of drug-likeness (QED) is 0.853. The second-order valence-corrected chi connectivity index (χ2v) is 6.73. The van der Waals surface area contributed by atoms with Crippen LogP contribution < -0.4 is 5.32 Å². The molecular weight excluding hydrogens is 240 g/mol. The number of hydrogen-bond acceptors (Lipinski definition) is 2. The highest BCUT2D eigenvalue weighted by molar-refractivity contribution is 5.81. The Balaban J connectivity index is 2.66. The van der Waals surface area contributed by atoms with Crippen molar-refractivity contribution in [1.29, 1.82) is 0 Å². The molecule has 1 N–H and O–H groups in total. The summed E-state index contributed by atoms with van der Waals surface area (Å²) in [4.78, 5) is 25.5. The molecule has 0 aliphatic carbocycles. The van der Waals surface area contributed by atoms with Crippen molar-refractivity contribution < 1.29 is 9.59 Å². The summed E-state index contributed by atoms with van der Waals surface area (Å²) in [6.45, 7) is 11.0. The van der Waals surface area contributed by atoms with Gasteiger partial charge in [-0.3, -0.25) is 9.59 Å². The van der Waals surface area contributed by atoms with Gasteiger partial charge in [0.05, 0.1) is 0 Å². The Morgan fingerprint density at radius 3 is 2.37 bits per heavy atom. The summed E-state index contributed by atoms with van der Waals surface area (Å²) in [6.07, 6.45) is 3.22. The first-order valence-corrected chi connectivity index (χ1v) is 7.30. The molecule has 1 saturated heterocycles. The summed E-state index contributed by atoms with van der Waals surface area (Å²) in [5.74, 6) is 0.682. The van der Waals surface area contributed by atoms with Crippen LogP contribution in [0, 0.1) is 11.3 Å². The Labute approximate surface area is 116 Å². The number of likely N-dealkylation sites (tertiary alicyclic amines) is 1. The van der Waals surface area contributed by atoms with Crippen LogP contribution in [0.5, 0.6) is 0 Å². The lowest BCUT2D eigenvalue weighted by Crippen LogP contribution is -2.53. The van der Waals surface area contributed by atoms with E-state index in [9.17, 15) is 9.59 Å². The van der Waals surface area contributed by atoms with Crippen molar-refractivity contribution >= 4 is 11.8 Å². The molecule has 1 aliphatic rings. The molecule has 0 aromatic carbocycles. The molecule has 4 nitrogen and oxygen atoms in total. The molecule has 0 spiro atoms. The van der Waals surface area contributed by atoms with Gasteiger partial charge in [0.1, 0.15) is 0 Å². The van der Waals surface area contributed by atoms with E-state index in [2.05, 4.69) is 12.2 Å². The number of hydrogen-bond donors (Lipinski definition) is 1. The monoisotopic (exact) mass is 268 g/mol.